The summed E-state index contributed by atoms with van der Waals surface area (Å²) < 4.78 is 0. The lowest BCUT2D eigenvalue weighted by atomic mass is 10.1. The van der Waals surface area contributed by atoms with Crippen LogP contribution in [0.25, 0.3) is 10.8 Å². The summed E-state index contributed by atoms with van der Waals surface area (Å²) in [4.78, 5) is 17.7. The summed E-state index contributed by atoms with van der Waals surface area (Å²) in [6, 6.07) is 7.88. The monoisotopic (exact) mass is 236 g/mol. The van der Waals surface area contributed by atoms with Gasteiger partial charge in [0.2, 0.25) is 5.91 Å². The molecule has 0 aliphatic carbocycles. The van der Waals surface area contributed by atoms with Crippen LogP contribution in [0.1, 0.15) is 6.42 Å². The van der Waals surface area contributed by atoms with Crippen LogP contribution in [-0.4, -0.2) is 17.4 Å². The number of anilines is 1. The standard InChI is InChI=1S/C15H12N2O/c1-2-11-7-15(18)17(10-11)14-4-3-13-9-16-6-5-12(13)8-14/h1,3-6,8-9,11H,7,10H2. The van der Waals surface area contributed by atoms with Crippen LogP contribution in [-0.2, 0) is 4.79 Å². The third-order valence-electron chi connectivity index (χ3n) is 3.30. The maximum Gasteiger partial charge on any atom is 0.228 e. The maximum atomic E-state index is 11.9. The zero-order chi connectivity index (χ0) is 12.5. The fourth-order valence-electron chi connectivity index (χ4n) is 2.31. The predicted octanol–water partition coefficient (Wildman–Crippen LogP) is 2.22. The molecule has 1 unspecified atom stereocenters. The predicted molar refractivity (Wildman–Crippen MR) is 71.0 cm³/mol. The second-order valence-electron chi connectivity index (χ2n) is 4.48. The number of amides is 1. The zero-order valence-corrected chi connectivity index (χ0v) is 9.84. The van der Waals surface area contributed by atoms with Crippen LogP contribution in [0.3, 0.4) is 0 Å². The van der Waals surface area contributed by atoms with Gasteiger partial charge in [-0.15, -0.1) is 12.3 Å². The van der Waals surface area contributed by atoms with E-state index in [4.69, 9.17) is 6.42 Å². The molecule has 1 fully saturated rings. The topological polar surface area (TPSA) is 33.2 Å². The second kappa shape index (κ2) is 4.15. The lowest BCUT2D eigenvalue weighted by molar-refractivity contribution is -0.117. The Kier molecular flexibility index (Phi) is 2.49. The molecule has 1 aliphatic rings. The van der Waals surface area contributed by atoms with Crippen LogP contribution >= 0.6 is 0 Å². The average molecular weight is 236 g/mol. The minimum atomic E-state index is 0.0330. The van der Waals surface area contributed by atoms with Crippen molar-refractivity contribution < 1.29 is 4.79 Å². The van der Waals surface area contributed by atoms with Crippen LogP contribution < -0.4 is 4.90 Å². The Morgan fingerprint density at radius 1 is 1.33 bits per heavy atom. The Morgan fingerprint density at radius 2 is 2.22 bits per heavy atom. The number of terminal acetylenes is 1. The fraction of sp³-hybridized carbons (Fsp3) is 0.200. The second-order valence-corrected chi connectivity index (χ2v) is 4.48. The van der Waals surface area contributed by atoms with Gasteiger partial charge in [0.25, 0.3) is 0 Å². The van der Waals surface area contributed by atoms with E-state index in [9.17, 15) is 4.79 Å². The molecular weight excluding hydrogens is 224 g/mol. The van der Waals surface area contributed by atoms with E-state index in [0.717, 1.165) is 16.5 Å². The van der Waals surface area contributed by atoms with Gasteiger partial charge in [0.1, 0.15) is 0 Å². The Hall–Kier alpha value is -2.34. The largest absolute Gasteiger partial charge is 0.311 e. The van der Waals surface area contributed by atoms with Crippen molar-refractivity contribution in [3.8, 4) is 12.3 Å². The Balaban J connectivity index is 2.00. The first-order valence-corrected chi connectivity index (χ1v) is 5.88. The summed E-state index contributed by atoms with van der Waals surface area (Å²) in [5.74, 6) is 2.79. The van der Waals surface area contributed by atoms with Gasteiger partial charge in [-0.3, -0.25) is 9.78 Å². The van der Waals surface area contributed by atoms with Crippen molar-refractivity contribution >= 4 is 22.4 Å². The van der Waals surface area contributed by atoms with Crippen LogP contribution in [0.5, 0.6) is 0 Å². The molecule has 1 atom stereocenters. The summed E-state index contributed by atoms with van der Waals surface area (Å²) in [6.07, 6.45) is 9.41. The molecule has 1 aromatic carbocycles. The third-order valence-corrected chi connectivity index (χ3v) is 3.30. The zero-order valence-electron chi connectivity index (χ0n) is 9.84. The number of hydrogen-bond acceptors (Lipinski definition) is 2. The highest BCUT2D eigenvalue weighted by atomic mass is 16.2. The molecule has 2 aromatic rings. The van der Waals surface area contributed by atoms with Crippen LogP contribution in [0.2, 0.25) is 0 Å². The van der Waals surface area contributed by atoms with Gasteiger partial charge in [0.15, 0.2) is 0 Å². The van der Waals surface area contributed by atoms with Crippen molar-refractivity contribution in [3.63, 3.8) is 0 Å². The Morgan fingerprint density at radius 3 is 3.00 bits per heavy atom. The molecule has 1 saturated heterocycles. The molecule has 0 spiro atoms. The molecule has 1 amide bonds. The van der Waals surface area contributed by atoms with Crippen LogP contribution in [0.15, 0.2) is 36.7 Å². The molecule has 0 radical (unpaired) electrons. The highest BCUT2D eigenvalue weighted by molar-refractivity contribution is 5.98. The first-order valence-electron chi connectivity index (χ1n) is 5.88. The third kappa shape index (κ3) is 1.72. The van der Waals surface area contributed by atoms with Crippen molar-refractivity contribution in [2.45, 2.75) is 6.42 Å². The van der Waals surface area contributed by atoms with Crippen molar-refractivity contribution in [1.29, 1.82) is 0 Å². The highest BCUT2D eigenvalue weighted by Crippen LogP contribution is 2.27. The summed E-state index contributed by atoms with van der Waals surface area (Å²) >= 11 is 0. The lowest BCUT2D eigenvalue weighted by Crippen LogP contribution is -2.24. The molecule has 1 aliphatic heterocycles. The Bertz CT molecular complexity index is 657. The molecule has 2 heterocycles. The van der Waals surface area contributed by atoms with E-state index in [1.54, 1.807) is 11.1 Å². The number of carbonyl (C=O) groups is 1. The SMILES string of the molecule is C#CC1CC(=O)N(c2ccc3cnccc3c2)C1. The van der Waals surface area contributed by atoms with Crippen LogP contribution in [0.4, 0.5) is 5.69 Å². The highest BCUT2D eigenvalue weighted by Gasteiger charge is 2.29. The van der Waals surface area contributed by atoms with Gasteiger partial charge in [-0.2, -0.15) is 0 Å². The number of rotatable bonds is 1. The molecule has 0 N–H and O–H groups in total. The number of aromatic nitrogens is 1. The minimum absolute atomic E-state index is 0.0330. The van der Waals surface area contributed by atoms with Crippen molar-refractivity contribution in [2.75, 3.05) is 11.4 Å². The van der Waals surface area contributed by atoms with Gasteiger partial charge in [0, 0.05) is 42.4 Å². The van der Waals surface area contributed by atoms with E-state index < -0.39 is 0 Å². The molecule has 88 valence electrons. The van der Waals surface area contributed by atoms with Gasteiger partial charge >= 0.3 is 0 Å². The van der Waals surface area contributed by atoms with Gasteiger partial charge in [-0.25, -0.2) is 0 Å². The van der Waals surface area contributed by atoms with E-state index in [1.165, 1.54) is 0 Å². The van der Waals surface area contributed by atoms with Gasteiger partial charge in [-0.05, 0) is 23.6 Å². The summed E-state index contributed by atoms with van der Waals surface area (Å²) in [5.41, 5.74) is 0.913. The molecule has 18 heavy (non-hydrogen) atoms. The average Bonchev–Trinajstić information content (AvgIpc) is 2.79. The summed E-state index contributed by atoms with van der Waals surface area (Å²) in [6.45, 7) is 0.617. The maximum absolute atomic E-state index is 11.9. The number of fused-ring (bicyclic) bond motifs is 1. The molecule has 3 nitrogen and oxygen atoms in total. The fourth-order valence-corrected chi connectivity index (χ4v) is 2.31. The molecule has 1 aromatic heterocycles. The van der Waals surface area contributed by atoms with Gasteiger partial charge in [-0.1, -0.05) is 6.07 Å². The number of pyridine rings is 1. The number of benzene rings is 1. The molecule has 0 saturated carbocycles. The minimum Gasteiger partial charge on any atom is -0.311 e. The molecule has 0 bridgehead atoms. The number of carbonyl (C=O) groups excluding carboxylic acids is 1. The van der Waals surface area contributed by atoms with Crippen molar-refractivity contribution in [3.05, 3.63) is 36.7 Å². The normalized spacial score (nSPS) is 19.2. The number of hydrogen-bond donors (Lipinski definition) is 0. The quantitative estimate of drug-likeness (QED) is 0.711. The van der Waals surface area contributed by atoms with Crippen molar-refractivity contribution in [2.24, 2.45) is 5.92 Å². The summed E-state index contributed by atoms with van der Waals surface area (Å²) in [5, 5.41) is 2.15. The van der Waals surface area contributed by atoms with Gasteiger partial charge < -0.3 is 4.90 Å². The summed E-state index contributed by atoms with van der Waals surface area (Å²) in [7, 11) is 0. The van der Waals surface area contributed by atoms with Gasteiger partial charge in [0.05, 0.1) is 0 Å². The molecule has 3 rings (SSSR count). The molecule has 3 heteroatoms. The molecular formula is C15H12N2O. The van der Waals surface area contributed by atoms with Crippen molar-refractivity contribution in [1.82, 2.24) is 4.98 Å². The van der Waals surface area contributed by atoms with E-state index >= 15 is 0 Å². The first-order chi connectivity index (χ1) is 8.78. The van der Waals surface area contributed by atoms with E-state index in [2.05, 4.69) is 10.9 Å². The number of nitrogens with zero attached hydrogens (tertiary/aromatic N) is 2. The van der Waals surface area contributed by atoms with E-state index in [-0.39, 0.29) is 11.8 Å². The van der Waals surface area contributed by atoms with Crippen LogP contribution in [0, 0.1) is 18.3 Å². The Labute approximate surface area is 105 Å². The lowest BCUT2D eigenvalue weighted by Gasteiger charge is -2.16. The smallest absolute Gasteiger partial charge is 0.228 e. The van der Waals surface area contributed by atoms with E-state index in [1.807, 2.05) is 30.5 Å². The van der Waals surface area contributed by atoms with E-state index in [0.29, 0.717) is 13.0 Å². The first kappa shape index (κ1) is 10.8.